The van der Waals surface area contributed by atoms with Crippen LogP contribution in [-0.2, 0) is 0 Å². The average molecular weight is 370 g/mol. The molecule has 0 amide bonds. The lowest BCUT2D eigenvalue weighted by Gasteiger charge is -1.99. The highest BCUT2D eigenvalue weighted by atomic mass is 16.3. The highest BCUT2D eigenvalue weighted by Crippen LogP contribution is 2.14. The van der Waals surface area contributed by atoms with Crippen LogP contribution in [0.4, 0.5) is 0 Å². The van der Waals surface area contributed by atoms with Crippen LogP contribution in [-0.4, -0.2) is 21.8 Å². The number of benzene rings is 3. The molecule has 0 radical (unpaired) electrons. The summed E-state index contributed by atoms with van der Waals surface area (Å²) in [5.41, 5.74) is 2.63. The first-order valence-corrected chi connectivity index (χ1v) is 8.64. The summed E-state index contributed by atoms with van der Waals surface area (Å²) >= 11 is 0. The minimum absolute atomic E-state index is 0.113. The monoisotopic (exact) mass is 370 g/mol. The summed E-state index contributed by atoms with van der Waals surface area (Å²) in [7, 11) is 0. The van der Waals surface area contributed by atoms with Crippen molar-refractivity contribution >= 4 is 23.7 Å². The summed E-state index contributed by atoms with van der Waals surface area (Å²) in [6, 6.07) is 19.6. The molecule has 3 rings (SSSR count). The van der Waals surface area contributed by atoms with E-state index in [1.807, 2.05) is 24.3 Å². The smallest absolute Gasteiger partial charge is 0.185 e. The molecule has 0 fully saturated rings. The van der Waals surface area contributed by atoms with Gasteiger partial charge in [-0.15, -0.1) is 0 Å². The second-order valence-corrected chi connectivity index (χ2v) is 6.16. The molecule has 0 bridgehead atoms. The Morgan fingerprint density at radius 2 is 1.00 bits per heavy atom. The molecule has 0 saturated heterocycles. The van der Waals surface area contributed by atoms with Gasteiger partial charge in [-0.25, -0.2) is 0 Å². The number of ketones is 2. The van der Waals surface area contributed by atoms with Crippen molar-refractivity contribution in [2.24, 2.45) is 0 Å². The molecule has 2 N–H and O–H groups in total. The van der Waals surface area contributed by atoms with Gasteiger partial charge in [0.2, 0.25) is 0 Å². The molecule has 138 valence electrons. The third-order valence-corrected chi connectivity index (χ3v) is 4.07. The molecule has 0 aliphatic heterocycles. The van der Waals surface area contributed by atoms with E-state index in [1.165, 1.54) is 36.4 Å². The maximum atomic E-state index is 12.2. The van der Waals surface area contributed by atoms with E-state index < -0.39 is 0 Å². The van der Waals surface area contributed by atoms with Gasteiger partial charge in [-0.2, -0.15) is 0 Å². The third kappa shape index (κ3) is 5.05. The van der Waals surface area contributed by atoms with E-state index in [1.54, 1.807) is 36.4 Å². The fourth-order valence-electron chi connectivity index (χ4n) is 2.55. The number of hydrogen-bond donors (Lipinski definition) is 2. The molecule has 0 saturated carbocycles. The standard InChI is InChI=1S/C24H18O4/c25-21-10-6-19(7-11-21)23(27)14-4-17-2-1-3-18(16-17)5-15-24(28)20-8-12-22(26)13-9-20/h1-16,25-26H/b14-4+,15-5+. The van der Waals surface area contributed by atoms with Crippen molar-refractivity contribution in [2.45, 2.75) is 0 Å². The van der Waals surface area contributed by atoms with Gasteiger partial charge in [0, 0.05) is 11.1 Å². The van der Waals surface area contributed by atoms with E-state index in [9.17, 15) is 19.8 Å². The first-order valence-electron chi connectivity index (χ1n) is 8.64. The number of rotatable bonds is 6. The quantitative estimate of drug-likeness (QED) is 0.478. The average Bonchev–Trinajstić information content (AvgIpc) is 2.71. The molecule has 4 heteroatoms. The molecular formula is C24H18O4. The number of carbonyl (C=O) groups excluding carboxylic acids is 2. The largest absolute Gasteiger partial charge is 0.508 e. The van der Waals surface area contributed by atoms with Crippen molar-refractivity contribution in [3.63, 3.8) is 0 Å². The molecule has 3 aromatic carbocycles. The Labute approximate surface area is 162 Å². The molecule has 0 unspecified atom stereocenters. The van der Waals surface area contributed by atoms with Crippen LogP contribution in [0.25, 0.3) is 12.2 Å². The van der Waals surface area contributed by atoms with Gasteiger partial charge in [-0.1, -0.05) is 30.4 Å². The van der Waals surface area contributed by atoms with Gasteiger partial charge in [0.25, 0.3) is 0 Å². The van der Waals surface area contributed by atoms with E-state index in [2.05, 4.69) is 0 Å². The Bertz CT molecular complexity index is 960. The Kier molecular flexibility index (Phi) is 5.82. The maximum Gasteiger partial charge on any atom is 0.185 e. The normalized spacial score (nSPS) is 11.1. The van der Waals surface area contributed by atoms with E-state index in [4.69, 9.17) is 0 Å². The molecule has 0 aliphatic carbocycles. The van der Waals surface area contributed by atoms with Crippen LogP contribution >= 0.6 is 0 Å². The lowest BCUT2D eigenvalue weighted by atomic mass is 10.1. The zero-order chi connectivity index (χ0) is 19.9. The first kappa shape index (κ1) is 18.9. The fourth-order valence-corrected chi connectivity index (χ4v) is 2.55. The third-order valence-electron chi connectivity index (χ3n) is 4.07. The topological polar surface area (TPSA) is 74.6 Å². The number of aromatic hydroxyl groups is 2. The zero-order valence-electron chi connectivity index (χ0n) is 14.9. The highest BCUT2D eigenvalue weighted by molar-refractivity contribution is 6.07. The molecule has 0 aromatic heterocycles. The molecule has 0 spiro atoms. The highest BCUT2D eigenvalue weighted by Gasteiger charge is 2.03. The molecule has 4 nitrogen and oxygen atoms in total. The van der Waals surface area contributed by atoms with Gasteiger partial charge in [0.15, 0.2) is 11.6 Å². The van der Waals surface area contributed by atoms with E-state index in [0.717, 1.165) is 11.1 Å². The zero-order valence-corrected chi connectivity index (χ0v) is 14.9. The van der Waals surface area contributed by atoms with Crippen molar-refractivity contribution in [3.05, 3.63) is 107 Å². The predicted octanol–water partition coefficient (Wildman–Crippen LogP) is 4.89. The minimum atomic E-state index is -0.163. The Morgan fingerprint density at radius 1 is 0.607 bits per heavy atom. The Morgan fingerprint density at radius 3 is 1.39 bits per heavy atom. The van der Waals surface area contributed by atoms with Crippen LogP contribution in [0.2, 0.25) is 0 Å². The van der Waals surface area contributed by atoms with Gasteiger partial charge < -0.3 is 10.2 Å². The summed E-state index contributed by atoms with van der Waals surface area (Å²) in [6.45, 7) is 0. The first-order chi connectivity index (χ1) is 13.5. The lowest BCUT2D eigenvalue weighted by Crippen LogP contribution is -1.93. The van der Waals surface area contributed by atoms with Crippen molar-refractivity contribution in [3.8, 4) is 11.5 Å². The number of hydrogen-bond acceptors (Lipinski definition) is 4. The van der Waals surface area contributed by atoms with Crippen molar-refractivity contribution in [1.82, 2.24) is 0 Å². The van der Waals surface area contributed by atoms with Crippen LogP contribution < -0.4 is 0 Å². The molecular weight excluding hydrogens is 352 g/mol. The van der Waals surface area contributed by atoms with E-state index in [-0.39, 0.29) is 23.1 Å². The fraction of sp³-hybridized carbons (Fsp3) is 0. The van der Waals surface area contributed by atoms with Gasteiger partial charge in [0.05, 0.1) is 0 Å². The maximum absolute atomic E-state index is 12.2. The van der Waals surface area contributed by atoms with Crippen LogP contribution in [0.15, 0.2) is 84.9 Å². The van der Waals surface area contributed by atoms with Gasteiger partial charge in [-0.05, 0) is 77.9 Å². The van der Waals surface area contributed by atoms with E-state index >= 15 is 0 Å². The summed E-state index contributed by atoms with van der Waals surface area (Å²) in [5.74, 6) is -0.101. The van der Waals surface area contributed by atoms with Gasteiger partial charge >= 0.3 is 0 Å². The Hall–Kier alpha value is -3.92. The minimum Gasteiger partial charge on any atom is -0.508 e. The van der Waals surface area contributed by atoms with Gasteiger partial charge in [0.1, 0.15) is 11.5 Å². The molecule has 0 atom stereocenters. The number of carbonyl (C=O) groups is 2. The Balaban J connectivity index is 1.69. The summed E-state index contributed by atoms with van der Waals surface area (Å²) in [5, 5.41) is 18.6. The lowest BCUT2D eigenvalue weighted by molar-refractivity contribution is 0.103. The number of phenols is 2. The predicted molar refractivity (Wildman–Crippen MR) is 109 cm³/mol. The molecule has 0 heterocycles. The second kappa shape index (κ2) is 8.64. The number of phenolic OH excluding ortho intramolecular Hbond substituents is 2. The molecule has 0 aliphatic rings. The van der Waals surface area contributed by atoms with Crippen LogP contribution in [0.3, 0.4) is 0 Å². The van der Waals surface area contributed by atoms with Crippen molar-refractivity contribution in [2.75, 3.05) is 0 Å². The van der Waals surface area contributed by atoms with Crippen LogP contribution in [0.1, 0.15) is 31.8 Å². The molecule has 28 heavy (non-hydrogen) atoms. The summed E-state index contributed by atoms with van der Waals surface area (Å²) in [6.07, 6.45) is 6.34. The summed E-state index contributed by atoms with van der Waals surface area (Å²) in [4.78, 5) is 24.3. The van der Waals surface area contributed by atoms with Crippen LogP contribution in [0, 0.1) is 0 Å². The summed E-state index contributed by atoms with van der Waals surface area (Å²) < 4.78 is 0. The van der Waals surface area contributed by atoms with E-state index in [0.29, 0.717) is 11.1 Å². The van der Waals surface area contributed by atoms with Gasteiger partial charge in [-0.3, -0.25) is 9.59 Å². The van der Waals surface area contributed by atoms with Crippen molar-refractivity contribution < 1.29 is 19.8 Å². The number of allylic oxidation sites excluding steroid dienone is 2. The van der Waals surface area contributed by atoms with Crippen LogP contribution in [0.5, 0.6) is 11.5 Å². The molecule has 3 aromatic rings. The SMILES string of the molecule is O=C(/C=C/c1cccc(/C=C/C(=O)c2ccc(O)cc2)c1)c1ccc(O)cc1. The second-order valence-electron chi connectivity index (χ2n) is 6.16. The van der Waals surface area contributed by atoms with Crippen molar-refractivity contribution in [1.29, 1.82) is 0 Å².